The van der Waals surface area contributed by atoms with Crippen molar-refractivity contribution in [3.05, 3.63) is 22.4 Å². The number of sulfonamides is 1. The monoisotopic (exact) mass is 267 g/mol. The molecule has 0 aliphatic carbocycles. The molecule has 0 amide bonds. The van der Waals surface area contributed by atoms with Crippen LogP contribution in [0.5, 0.6) is 0 Å². The highest BCUT2D eigenvalue weighted by molar-refractivity contribution is 7.89. The lowest BCUT2D eigenvalue weighted by Gasteiger charge is -2.12. The number of hydrogen-bond donors (Lipinski definition) is 1. The van der Waals surface area contributed by atoms with Crippen LogP contribution in [0.25, 0.3) is 0 Å². The molecule has 0 saturated carbocycles. The van der Waals surface area contributed by atoms with Gasteiger partial charge in [-0.1, -0.05) is 0 Å². The van der Waals surface area contributed by atoms with Crippen molar-refractivity contribution >= 4 is 33.0 Å². The Labute approximate surface area is 99.5 Å². The van der Waals surface area contributed by atoms with Crippen LogP contribution < -0.4 is 4.72 Å². The smallest absolute Gasteiger partial charge is 0.212 e. The van der Waals surface area contributed by atoms with Crippen LogP contribution in [-0.2, 0) is 16.4 Å². The van der Waals surface area contributed by atoms with Gasteiger partial charge >= 0.3 is 0 Å². The summed E-state index contributed by atoms with van der Waals surface area (Å²) in [5, 5.41) is 4.00. The van der Waals surface area contributed by atoms with Gasteiger partial charge in [0.1, 0.15) is 0 Å². The van der Waals surface area contributed by atoms with E-state index < -0.39 is 10.0 Å². The van der Waals surface area contributed by atoms with Crippen LogP contribution in [0, 0.1) is 0 Å². The quantitative estimate of drug-likeness (QED) is 0.800. The summed E-state index contributed by atoms with van der Waals surface area (Å²) < 4.78 is 25.3. The molecule has 0 bridgehead atoms. The molecule has 0 aliphatic heterocycles. The molecule has 1 aromatic heterocycles. The molecule has 0 fully saturated rings. The molecule has 86 valence electrons. The fourth-order valence-corrected chi connectivity index (χ4v) is 3.58. The molecule has 1 heterocycles. The van der Waals surface area contributed by atoms with Gasteiger partial charge < -0.3 is 0 Å². The fraction of sp³-hybridized carbons (Fsp3) is 0.556. The molecule has 1 unspecified atom stereocenters. The molecule has 3 nitrogen and oxygen atoms in total. The molecule has 0 spiro atoms. The number of nitrogens with one attached hydrogen (secondary N) is 1. The second-order valence-corrected chi connectivity index (χ2v) is 6.39. The molecule has 6 heteroatoms. The molecule has 15 heavy (non-hydrogen) atoms. The molecule has 1 atom stereocenters. The predicted molar refractivity (Wildman–Crippen MR) is 65.1 cm³/mol. The van der Waals surface area contributed by atoms with Crippen molar-refractivity contribution in [2.45, 2.75) is 19.4 Å². The van der Waals surface area contributed by atoms with Crippen molar-refractivity contribution in [3.63, 3.8) is 0 Å². The minimum atomic E-state index is -3.21. The fourth-order valence-electron chi connectivity index (χ4n) is 1.27. The summed E-state index contributed by atoms with van der Waals surface area (Å²) in [5.41, 5.74) is 1.15. The SMILES string of the molecule is CC(Cc1ccsc1)NS(=O)(=O)CCCl. The average Bonchev–Trinajstić information content (AvgIpc) is 2.54. The van der Waals surface area contributed by atoms with Gasteiger partial charge in [0.2, 0.25) is 10.0 Å². The van der Waals surface area contributed by atoms with Crippen molar-refractivity contribution in [3.8, 4) is 0 Å². The van der Waals surface area contributed by atoms with Gasteiger partial charge in [0.25, 0.3) is 0 Å². The first-order chi connectivity index (χ1) is 7.03. The zero-order chi connectivity index (χ0) is 11.3. The lowest BCUT2D eigenvalue weighted by Crippen LogP contribution is -2.36. The van der Waals surface area contributed by atoms with Gasteiger partial charge in [-0.15, -0.1) is 11.6 Å². The Bertz CT molecular complexity index is 375. The standard InChI is InChI=1S/C9H14ClNO2S2/c1-8(6-9-2-4-14-7-9)11-15(12,13)5-3-10/h2,4,7-8,11H,3,5-6H2,1H3. The van der Waals surface area contributed by atoms with Crippen molar-refractivity contribution in [1.29, 1.82) is 0 Å². The molecular weight excluding hydrogens is 254 g/mol. The summed E-state index contributed by atoms with van der Waals surface area (Å²) in [6, 6.07) is 1.91. The molecular formula is C9H14ClNO2S2. The first-order valence-corrected chi connectivity index (χ1v) is 7.73. The second-order valence-electron chi connectivity index (χ2n) is 3.36. The number of alkyl halides is 1. The van der Waals surface area contributed by atoms with E-state index in [-0.39, 0.29) is 17.7 Å². The van der Waals surface area contributed by atoms with Gasteiger partial charge in [-0.25, -0.2) is 13.1 Å². The number of halogens is 1. The summed E-state index contributed by atoms with van der Waals surface area (Å²) >= 11 is 7.01. The Morgan fingerprint density at radius 1 is 1.60 bits per heavy atom. The maximum absolute atomic E-state index is 11.4. The third-order valence-corrected chi connectivity index (χ3v) is 4.50. The maximum atomic E-state index is 11.4. The minimum absolute atomic E-state index is 0.0253. The normalized spacial score (nSPS) is 14.0. The predicted octanol–water partition coefficient (Wildman–Crippen LogP) is 1.84. The van der Waals surface area contributed by atoms with Crippen molar-refractivity contribution in [1.82, 2.24) is 4.72 Å². The first kappa shape index (κ1) is 13.0. The molecule has 1 N–H and O–H groups in total. The maximum Gasteiger partial charge on any atom is 0.213 e. The Balaban J connectivity index is 2.46. The van der Waals surface area contributed by atoms with Crippen LogP contribution in [0.15, 0.2) is 16.8 Å². The van der Waals surface area contributed by atoms with Crippen LogP contribution in [0.3, 0.4) is 0 Å². The third-order valence-electron chi connectivity index (χ3n) is 1.85. The van der Waals surface area contributed by atoms with Gasteiger partial charge in [-0.05, 0) is 35.7 Å². The van der Waals surface area contributed by atoms with E-state index in [0.717, 1.165) is 5.56 Å². The summed E-state index contributed by atoms with van der Waals surface area (Å²) in [5.74, 6) is 0.100. The van der Waals surface area contributed by atoms with Crippen LogP contribution in [-0.4, -0.2) is 26.1 Å². The van der Waals surface area contributed by atoms with E-state index >= 15 is 0 Å². The van der Waals surface area contributed by atoms with Crippen molar-refractivity contribution < 1.29 is 8.42 Å². The summed E-state index contributed by atoms with van der Waals surface area (Å²) in [6.45, 7) is 1.85. The number of hydrogen-bond acceptors (Lipinski definition) is 3. The molecule has 0 aromatic carbocycles. The highest BCUT2D eigenvalue weighted by Crippen LogP contribution is 2.09. The van der Waals surface area contributed by atoms with Crippen molar-refractivity contribution in [2.24, 2.45) is 0 Å². The lowest BCUT2D eigenvalue weighted by atomic mass is 10.1. The van der Waals surface area contributed by atoms with Crippen LogP contribution in [0.2, 0.25) is 0 Å². The Morgan fingerprint density at radius 2 is 2.33 bits per heavy atom. The lowest BCUT2D eigenvalue weighted by molar-refractivity contribution is 0.561. The first-order valence-electron chi connectivity index (χ1n) is 4.60. The van der Waals surface area contributed by atoms with Gasteiger partial charge in [-0.3, -0.25) is 0 Å². The molecule has 1 rings (SSSR count). The number of rotatable bonds is 6. The molecule has 1 aromatic rings. The Hall–Kier alpha value is -0.100. The summed E-state index contributed by atoms with van der Waals surface area (Å²) in [4.78, 5) is 0. The summed E-state index contributed by atoms with van der Waals surface area (Å²) in [6.07, 6.45) is 0.713. The zero-order valence-electron chi connectivity index (χ0n) is 8.44. The molecule has 0 aliphatic rings. The topological polar surface area (TPSA) is 46.2 Å². The van der Waals surface area contributed by atoms with E-state index in [1.165, 1.54) is 0 Å². The van der Waals surface area contributed by atoms with Gasteiger partial charge in [0, 0.05) is 11.9 Å². The van der Waals surface area contributed by atoms with Crippen LogP contribution >= 0.6 is 22.9 Å². The van der Waals surface area contributed by atoms with Crippen LogP contribution in [0.1, 0.15) is 12.5 Å². The van der Waals surface area contributed by atoms with E-state index in [1.807, 2.05) is 23.8 Å². The molecule has 0 radical (unpaired) electrons. The number of thiophene rings is 1. The summed E-state index contributed by atoms with van der Waals surface area (Å²) in [7, 11) is -3.21. The van der Waals surface area contributed by atoms with E-state index in [1.54, 1.807) is 11.3 Å². The highest BCUT2D eigenvalue weighted by Gasteiger charge is 2.13. The third kappa shape index (κ3) is 4.97. The van der Waals surface area contributed by atoms with Gasteiger partial charge in [-0.2, -0.15) is 11.3 Å². The largest absolute Gasteiger partial charge is 0.213 e. The Morgan fingerprint density at radius 3 is 2.87 bits per heavy atom. The van der Waals surface area contributed by atoms with E-state index in [0.29, 0.717) is 6.42 Å². The van der Waals surface area contributed by atoms with Crippen LogP contribution in [0.4, 0.5) is 0 Å². The van der Waals surface area contributed by atoms with Crippen molar-refractivity contribution in [2.75, 3.05) is 11.6 Å². The highest BCUT2D eigenvalue weighted by atomic mass is 35.5. The van der Waals surface area contributed by atoms with Gasteiger partial charge in [0.15, 0.2) is 0 Å². The zero-order valence-corrected chi connectivity index (χ0v) is 10.8. The molecule has 0 saturated heterocycles. The van der Waals surface area contributed by atoms with E-state index in [4.69, 9.17) is 11.6 Å². The Kier molecular flexibility index (Phi) is 5.05. The second kappa shape index (κ2) is 5.84. The average molecular weight is 268 g/mol. The van der Waals surface area contributed by atoms with E-state index in [9.17, 15) is 8.42 Å². The van der Waals surface area contributed by atoms with E-state index in [2.05, 4.69) is 4.72 Å². The van der Waals surface area contributed by atoms with Gasteiger partial charge in [0.05, 0.1) is 5.75 Å². The minimum Gasteiger partial charge on any atom is -0.212 e.